The van der Waals surface area contributed by atoms with Gasteiger partial charge in [-0.1, -0.05) is 13.0 Å². The quantitative estimate of drug-likeness (QED) is 0.888. The lowest BCUT2D eigenvalue weighted by atomic mass is 10.1. The van der Waals surface area contributed by atoms with Crippen molar-refractivity contribution in [1.82, 2.24) is 0 Å². The molecule has 1 N–H and O–H groups in total. The molecule has 2 rings (SSSR count). The molecule has 1 atom stereocenters. The largest absolute Gasteiger partial charge is 0.377 e. The van der Waals surface area contributed by atoms with Gasteiger partial charge in [-0.3, -0.25) is 0 Å². The van der Waals surface area contributed by atoms with E-state index in [0.717, 1.165) is 12.1 Å². The number of nitrogens with one attached hydrogen (secondary N) is 1. The van der Waals surface area contributed by atoms with E-state index in [1.54, 1.807) is 23.5 Å². The Balaban J connectivity index is 2.20. The molecule has 1 aromatic heterocycles. The Hall–Kier alpha value is -1.86. The van der Waals surface area contributed by atoms with Crippen LogP contribution in [0.4, 0.5) is 10.1 Å². The van der Waals surface area contributed by atoms with Crippen LogP contribution >= 0.6 is 11.3 Å². The Kier molecular flexibility index (Phi) is 3.96. The molecule has 4 heteroatoms. The maximum Gasteiger partial charge on any atom is 0.141 e. The molecule has 0 amide bonds. The Morgan fingerprint density at radius 3 is 2.89 bits per heavy atom. The lowest BCUT2D eigenvalue weighted by molar-refractivity contribution is 0.624. The average molecular weight is 260 g/mol. The molecule has 2 aromatic rings. The van der Waals surface area contributed by atoms with E-state index in [1.807, 2.05) is 17.5 Å². The first-order valence-corrected chi connectivity index (χ1v) is 6.62. The fraction of sp³-hybridized carbons (Fsp3) is 0.214. The summed E-state index contributed by atoms with van der Waals surface area (Å²) in [6, 6.07) is 10.7. The van der Waals surface area contributed by atoms with E-state index in [1.165, 1.54) is 10.9 Å². The highest BCUT2D eigenvalue weighted by Crippen LogP contribution is 2.26. The van der Waals surface area contributed by atoms with Crippen LogP contribution in [0.1, 0.15) is 29.8 Å². The predicted molar refractivity (Wildman–Crippen MR) is 72.1 cm³/mol. The molecular formula is C14H13FN2S. The molecular weight excluding hydrogens is 247 g/mol. The molecule has 18 heavy (non-hydrogen) atoms. The lowest BCUT2D eigenvalue weighted by Crippen LogP contribution is -2.08. The number of thiophene rings is 1. The number of halogens is 1. The highest BCUT2D eigenvalue weighted by molar-refractivity contribution is 7.10. The zero-order chi connectivity index (χ0) is 13.0. The minimum Gasteiger partial charge on any atom is -0.377 e. The average Bonchev–Trinajstić information content (AvgIpc) is 2.91. The molecule has 0 saturated heterocycles. The Bertz CT molecular complexity index is 558. The fourth-order valence-electron chi connectivity index (χ4n) is 1.77. The number of anilines is 1. The van der Waals surface area contributed by atoms with Gasteiger partial charge in [-0.25, -0.2) is 4.39 Å². The van der Waals surface area contributed by atoms with E-state index < -0.39 is 5.82 Å². The van der Waals surface area contributed by atoms with Crippen LogP contribution in [0.3, 0.4) is 0 Å². The summed E-state index contributed by atoms with van der Waals surface area (Å²) < 4.78 is 13.2. The summed E-state index contributed by atoms with van der Waals surface area (Å²) in [5.74, 6) is -0.479. The summed E-state index contributed by atoms with van der Waals surface area (Å²) in [5, 5.41) is 14.2. The Morgan fingerprint density at radius 2 is 2.28 bits per heavy atom. The monoisotopic (exact) mass is 260 g/mol. The maximum absolute atomic E-state index is 13.2. The third kappa shape index (κ3) is 2.69. The molecule has 1 heterocycles. The van der Waals surface area contributed by atoms with Gasteiger partial charge in [0.15, 0.2) is 0 Å². The van der Waals surface area contributed by atoms with Crippen LogP contribution in [0.15, 0.2) is 35.7 Å². The summed E-state index contributed by atoms with van der Waals surface area (Å²) in [7, 11) is 0. The fourth-order valence-corrected chi connectivity index (χ4v) is 2.63. The molecule has 0 aliphatic heterocycles. The van der Waals surface area contributed by atoms with Crippen molar-refractivity contribution in [3.8, 4) is 6.07 Å². The molecule has 0 radical (unpaired) electrons. The molecule has 2 nitrogen and oxygen atoms in total. The van der Waals surface area contributed by atoms with Crippen molar-refractivity contribution in [2.75, 3.05) is 5.32 Å². The van der Waals surface area contributed by atoms with E-state index in [4.69, 9.17) is 5.26 Å². The lowest BCUT2D eigenvalue weighted by Gasteiger charge is -2.17. The van der Waals surface area contributed by atoms with Gasteiger partial charge in [-0.2, -0.15) is 5.26 Å². The second kappa shape index (κ2) is 5.65. The van der Waals surface area contributed by atoms with E-state index in [2.05, 4.69) is 18.3 Å². The Labute approximate surface area is 110 Å². The minimum atomic E-state index is -0.479. The number of nitriles is 1. The topological polar surface area (TPSA) is 35.8 Å². The molecule has 0 spiro atoms. The van der Waals surface area contributed by atoms with Crippen LogP contribution in [0.25, 0.3) is 0 Å². The number of nitrogens with zero attached hydrogens (tertiary/aromatic N) is 1. The highest BCUT2D eigenvalue weighted by atomic mass is 32.1. The van der Waals surface area contributed by atoms with Gasteiger partial charge >= 0.3 is 0 Å². The Morgan fingerprint density at radius 1 is 1.44 bits per heavy atom. The van der Waals surface area contributed by atoms with Crippen molar-refractivity contribution in [2.45, 2.75) is 19.4 Å². The summed E-state index contributed by atoms with van der Waals surface area (Å²) in [6.45, 7) is 2.09. The van der Waals surface area contributed by atoms with Gasteiger partial charge in [-0.15, -0.1) is 11.3 Å². The van der Waals surface area contributed by atoms with Gasteiger partial charge in [0, 0.05) is 10.6 Å². The first kappa shape index (κ1) is 12.6. The van der Waals surface area contributed by atoms with E-state index in [0.29, 0.717) is 0 Å². The van der Waals surface area contributed by atoms with E-state index in [9.17, 15) is 4.39 Å². The number of rotatable bonds is 4. The summed E-state index contributed by atoms with van der Waals surface area (Å²) in [4.78, 5) is 1.24. The van der Waals surface area contributed by atoms with Crippen LogP contribution in [0, 0.1) is 17.1 Å². The van der Waals surface area contributed by atoms with Crippen LogP contribution in [-0.4, -0.2) is 0 Å². The van der Waals surface area contributed by atoms with Crippen molar-refractivity contribution >= 4 is 17.0 Å². The van der Waals surface area contributed by atoms with Crippen LogP contribution in [-0.2, 0) is 0 Å². The second-order valence-corrected chi connectivity index (χ2v) is 4.91. The highest BCUT2D eigenvalue weighted by Gasteiger charge is 2.11. The van der Waals surface area contributed by atoms with Crippen molar-refractivity contribution in [3.63, 3.8) is 0 Å². The van der Waals surface area contributed by atoms with Crippen LogP contribution in [0.2, 0.25) is 0 Å². The van der Waals surface area contributed by atoms with Gasteiger partial charge in [0.1, 0.15) is 11.9 Å². The number of benzene rings is 1. The third-order valence-electron chi connectivity index (χ3n) is 2.72. The van der Waals surface area contributed by atoms with Crippen molar-refractivity contribution < 1.29 is 4.39 Å². The predicted octanol–water partition coefficient (Wildman–Crippen LogP) is 4.32. The van der Waals surface area contributed by atoms with E-state index >= 15 is 0 Å². The molecule has 1 unspecified atom stereocenters. The molecule has 92 valence electrons. The van der Waals surface area contributed by atoms with Gasteiger partial charge in [0.2, 0.25) is 0 Å². The number of hydrogen-bond acceptors (Lipinski definition) is 3. The second-order valence-electron chi connectivity index (χ2n) is 3.93. The summed E-state index contributed by atoms with van der Waals surface area (Å²) in [5.41, 5.74) is 0.842. The first-order valence-electron chi connectivity index (χ1n) is 5.74. The number of hydrogen-bond donors (Lipinski definition) is 1. The van der Waals surface area contributed by atoms with Gasteiger partial charge in [-0.05, 0) is 36.1 Å². The van der Waals surface area contributed by atoms with Crippen LogP contribution in [0.5, 0.6) is 0 Å². The molecule has 0 fully saturated rings. The molecule has 0 bridgehead atoms. The van der Waals surface area contributed by atoms with Gasteiger partial charge in [0.05, 0.1) is 11.6 Å². The van der Waals surface area contributed by atoms with Gasteiger partial charge < -0.3 is 5.32 Å². The van der Waals surface area contributed by atoms with Gasteiger partial charge in [0.25, 0.3) is 0 Å². The molecule has 0 saturated carbocycles. The van der Waals surface area contributed by atoms with Crippen LogP contribution < -0.4 is 5.32 Å². The first-order chi connectivity index (χ1) is 8.74. The van der Waals surface area contributed by atoms with Crippen molar-refractivity contribution in [2.24, 2.45) is 0 Å². The smallest absolute Gasteiger partial charge is 0.141 e. The normalized spacial score (nSPS) is 11.8. The SMILES string of the molecule is CCC(Nc1ccc(F)c(C#N)c1)c1cccs1. The zero-order valence-corrected chi connectivity index (χ0v) is 10.8. The standard InChI is InChI=1S/C14H13FN2S/c1-2-13(14-4-3-7-18-14)17-11-5-6-12(15)10(8-11)9-16/h3-8,13,17H,2H2,1H3. The maximum atomic E-state index is 13.2. The van der Waals surface area contributed by atoms with E-state index in [-0.39, 0.29) is 11.6 Å². The molecule has 1 aromatic carbocycles. The third-order valence-corrected chi connectivity index (χ3v) is 3.71. The zero-order valence-electron chi connectivity index (χ0n) is 9.98. The molecule has 0 aliphatic carbocycles. The summed E-state index contributed by atoms with van der Waals surface area (Å²) in [6.07, 6.45) is 0.930. The molecule has 0 aliphatic rings. The van der Waals surface area contributed by atoms with Crippen molar-refractivity contribution in [1.29, 1.82) is 5.26 Å². The summed E-state index contributed by atoms with van der Waals surface area (Å²) >= 11 is 1.69. The van der Waals surface area contributed by atoms with Crippen molar-refractivity contribution in [3.05, 3.63) is 52.0 Å². The minimum absolute atomic E-state index is 0.0704.